The van der Waals surface area contributed by atoms with Gasteiger partial charge in [0.2, 0.25) is 5.78 Å². The van der Waals surface area contributed by atoms with Crippen LogP contribution < -0.4 is 4.74 Å². The molecule has 2 rings (SSSR count). The smallest absolute Gasteiger partial charge is 0.207 e. The fourth-order valence-corrected chi connectivity index (χ4v) is 1.85. The summed E-state index contributed by atoms with van der Waals surface area (Å²) < 4.78 is 5.09. The van der Waals surface area contributed by atoms with Crippen molar-refractivity contribution in [1.82, 2.24) is 0 Å². The van der Waals surface area contributed by atoms with E-state index in [1.807, 2.05) is 6.42 Å². The topological polar surface area (TPSA) is 50.1 Å². The third-order valence-corrected chi connectivity index (χ3v) is 2.58. The highest BCUT2D eigenvalue weighted by Gasteiger charge is 2.27. The first-order valence-electron chi connectivity index (χ1n) is 4.72. The van der Waals surface area contributed by atoms with E-state index in [1.54, 1.807) is 12.1 Å². The molecule has 3 nitrogen and oxygen atoms in total. The third kappa shape index (κ3) is 1.44. The standard InChI is InChI=1S/C12H10NO2/c1-15-12-6-5-9-8(10(12)7-13)3-2-4-11(9)14/h2,5-6H,3-4H2,1H3/q+1. The van der Waals surface area contributed by atoms with Gasteiger partial charge >= 0.3 is 0 Å². The zero-order valence-electron chi connectivity index (χ0n) is 8.41. The molecule has 0 heterocycles. The van der Waals surface area contributed by atoms with E-state index < -0.39 is 0 Å². The average Bonchev–Trinajstić information content (AvgIpc) is 2.28. The summed E-state index contributed by atoms with van der Waals surface area (Å²) in [4.78, 5) is 11.6. The lowest BCUT2D eigenvalue weighted by atomic mass is 9.87. The summed E-state index contributed by atoms with van der Waals surface area (Å²) in [5.74, 6) is 0.620. The van der Waals surface area contributed by atoms with Crippen LogP contribution in [0.15, 0.2) is 12.1 Å². The minimum absolute atomic E-state index is 0.0791. The Morgan fingerprint density at radius 2 is 2.27 bits per heavy atom. The van der Waals surface area contributed by atoms with Gasteiger partial charge in [-0.25, -0.2) is 0 Å². The maximum Gasteiger partial charge on any atom is 0.207 e. The predicted molar refractivity (Wildman–Crippen MR) is 54.7 cm³/mol. The van der Waals surface area contributed by atoms with Gasteiger partial charge in [-0.1, -0.05) is 0 Å². The molecule has 15 heavy (non-hydrogen) atoms. The van der Waals surface area contributed by atoms with Crippen LogP contribution in [0.4, 0.5) is 0 Å². The van der Waals surface area contributed by atoms with Gasteiger partial charge in [-0.05, 0) is 12.1 Å². The molecule has 1 aromatic carbocycles. The molecule has 1 aliphatic rings. The molecule has 0 atom stereocenters. The number of nitrogens with zero attached hydrogens (tertiary/aromatic N) is 1. The first-order valence-corrected chi connectivity index (χ1v) is 4.72. The number of nitriles is 1. The molecule has 0 bridgehead atoms. The van der Waals surface area contributed by atoms with E-state index in [0.717, 1.165) is 5.56 Å². The first kappa shape index (κ1) is 9.60. The van der Waals surface area contributed by atoms with Gasteiger partial charge in [0.25, 0.3) is 0 Å². The number of carbonyl (C=O) groups excluding carboxylic acids is 1. The molecular formula is C12H10NO2+. The molecule has 1 aliphatic carbocycles. The number of hydrogen-bond donors (Lipinski definition) is 0. The second-order valence-electron chi connectivity index (χ2n) is 3.40. The van der Waals surface area contributed by atoms with Crippen molar-refractivity contribution < 1.29 is 9.53 Å². The van der Waals surface area contributed by atoms with E-state index in [1.165, 1.54) is 7.11 Å². The van der Waals surface area contributed by atoms with Crippen molar-refractivity contribution >= 4 is 5.78 Å². The normalized spacial score (nSPS) is 13.7. The number of carbonyl (C=O) groups is 1. The van der Waals surface area contributed by atoms with Gasteiger partial charge in [0.05, 0.1) is 13.5 Å². The highest BCUT2D eigenvalue weighted by molar-refractivity contribution is 6.00. The van der Waals surface area contributed by atoms with Crippen LogP contribution in [0.25, 0.3) is 0 Å². The third-order valence-electron chi connectivity index (χ3n) is 2.58. The van der Waals surface area contributed by atoms with Crippen LogP contribution in [-0.4, -0.2) is 12.9 Å². The summed E-state index contributed by atoms with van der Waals surface area (Å²) in [5, 5.41) is 9.04. The van der Waals surface area contributed by atoms with E-state index in [0.29, 0.717) is 29.7 Å². The van der Waals surface area contributed by atoms with E-state index in [4.69, 9.17) is 10.00 Å². The Labute approximate surface area is 88.3 Å². The second kappa shape index (κ2) is 3.66. The summed E-state index contributed by atoms with van der Waals surface area (Å²) in [5.41, 5.74) is 1.95. The quantitative estimate of drug-likeness (QED) is 0.650. The van der Waals surface area contributed by atoms with Crippen LogP contribution in [0.5, 0.6) is 5.75 Å². The van der Waals surface area contributed by atoms with Crippen molar-refractivity contribution in [3.05, 3.63) is 35.2 Å². The van der Waals surface area contributed by atoms with Gasteiger partial charge in [0, 0.05) is 11.1 Å². The van der Waals surface area contributed by atoms with Crippen molar-refractivity contribution in [2.75, 3.05) is 7.11 Å². The molecule has 0 spiro atoms. The number of ketones is 1. The van der Waals surface area contributed by atoms with Crippen LogP contribution in [0.3, 0.4) is 0 Å². The minimum atomic E-state index is 0.0791. The summed E-state index contributed by atoms with van der Waals surface area (Å²) in [6.45, 7) is 0. The fraction of sp³-hybridized carbons (Fsp3) is 0.250. The summed E-state index contributed by atoms with van der Waals surface area (Å²) in [6, 6.07) is 5.52. The van der Waals surface area contributed by atoms with E-state index in [2.05, 4.69) is 6.07 Å². The Morgan fingerprint density at radius 3 is 2.93 bits per heavy atom. The van der Waals surface area contributed by atoms with Crippen LogP contribution in [0, 0.1) is 17.8 Å². The highest BCUT2D eigenvalue weighted by atomic mass is 16.5. The Morgan fingerprint density at radius 1 is 1.47 bits per heavy atom. The molecule has 3 heteroatoms. The molecule has 0 unspecified atom stereocenters. The zero-order valence-corrected chi connectivity index (χ0v) is 8.41. The number of benzene rings is 1. The van der Waals surface area contributed by atoms with Crippen molar-refractivity contribution in [3.63, 3.8) is 0 Å². The number of methoxy groups -OCH3 is 1. The summed E-state index contributed by atoms with van der Waals surface area (Å²) in [7, 11) is 1.52. The van der Waals surface area contributed by atoms with E-state index in [9.17, 15) is 4.79 Å². The summed E-state index contributed by atoms with van der Waals surface area (Å²) >= 11 is 0. The van der Waals surface area contributed by atoms with Gasteiger partial charge in [0.15, 0.2) is 6.42 Å². The second-order valence-corrected chi connectivity index (χ2v) is 3.40. The Hall–Kier alpha value is -1.95. The zero-order chi connectivity index (χ0) is 10.8. The van der Waals surface area contributed by atoms with Crippen molar-refractivity contribution in [2.45, 2.75) is 12.8 Å². The first-order chi connectivity index (χ1) is 7.27. The maximum absolute atomic E-state index is 11.6. The number of ether oxygens (including phenoxy) is 1. The highest BCUT2D eigenvalue weighted by Crippen LogP contribution is 2.29. The van der Waals surface area contributed by atoms with E-state index in [-0.39, 0.29) is 5.78 Å². The fourth-order valence-electron chi connectivity index (χ4n) is 1.85. The molecule has 0 fully saturated rings. The number of fused-ring (bicyclic) bond motifs is 1. The monoisotopic (exact) mass is 200 g/mol. The molecule has 0 amide bonds. The SMILES string of the molecule is COc1ccc2c(c1C#N)C[CH+]CC2=O. The van der Waals surface area contributed by atoms with Crippen molar-refractivity contribution in [1.29, 1.82) is 5.26 Å². The van der Waals surface area contributed by atoms with Crippen LogP contribution in [-0.2, 0) is 6.42 Å². The predicted octanol–water partition coefficient (Wildman–Crippen LogP) is 1.90. The van der Waals surface area contributed by atoms with Crippen LogP contribution >= 0.6 is 0 Å². The van der Waals surface area contributed by atoms with Crippen molar-refractivity contribution in [3.8, 4) is 11.8 Å². The average molecular weight is 200 g/mol. The number of rotatable bonds is 1. The van der Waals surface area contributed by atoms with Gasteiger partial charge in [0.1, 0.15) is 23.8 Å². The molecule has 0 saturated carbocycles. The lowest BCUT2D eigenvalue weighted by Crippen LogP contribution is -2.13. The summed E-state index contributed by atoms with van der Waals surface area (Å²) in [6.07, 6.45) is 3.02. The lowest BCUT2D eigenvalue weighted by Gasteiger charge is -2.12. The van der Waals surface area contributed by atoms with Gasteiger partial charge < -0.3 is 4.74 Å². The molecule has 0 aliphatic heterocycles. The van der Waals surface area contributed by atoms with E-state index >= 15 is 0 Å². The lowest BCUT2D eigenvalue weighted by molar-refractivity contribution is 0.0986. The Balaban J connectivity index is 2.65. The minimum Gasteiger partial charge on any atom is -0.495 e. The van der Waals surface area contributed by atoms with Gasteiger partial charge in [-0.15, -0.1) is 0 Å². The molecule has 74 valence electrons. The van der Waals surface area contributed by atoms with Crippen LogP contribution in [0.1, 0.15) is 27.9 Å². The molecule has 0 aromatic heterocycles. The van der Waals surface area contributed by atoms with Gasteiger partial charge in [-0.2, -0.15) is 5.26 Å². The Bertz CT molecular complexity index is 457. The van der Waals surface area contributed by atoms with Crippen LogP contribution in [0.2, 0.25) is 0 Å². The molecule has 1 aromatic rings. The molecule has 0 N–H and O–H groups in total. The molecule has 0 saturated heterocycles. The molecule has 0 radical (unpaired) electrons. The number of hydrogen-bond acceptors (Lipinski definition) is 3. The van der Waals surface area contributed by atoms with Gasteiger partial charge in [-0.3, -0.25) is 4.79 Å². The maximum atomic E-state index is 11.6. The number of Topliss-reactive ketones (excluding diaryl/α,β-unsaturated/α-hetero) is 1. The largest absolute Gasteiger partial charge is 0.495 e. The Kier molecular flexibility index (Phi) is 2.34. The molecular weight excluding hydrogens is 190 g/mol. The van der Waals surface area contributed by atoms with Crippen molar-refractivity contribution in [2.24, 2.45) is 0 Å².